The summed E-state index contributed by atoms with van der Waals surface area (Å²) in [5, 5.41) is 0. The van der Waals surface area contributed by atoms with E-state index in [1.54, 1.807) is 0 Å². The van der Waals surface area contributed by atoms with Crippen LogP contribution in [0.15, 0.2) is 18.2 Å². The molecular weight excluding hydrogens is 260 g/mol. The van der Waals surface area contributed by atoms with Gasteiger partial charge in [0, 0.05) is 18.5 Å². The molecule has 2 aliphatic heterocycles. The first-order valence-corrected chi connectivity index (χ1v) is 8.36. The molecule has 1 atom stereocenters. The van der Waals surface area contributed by atoms with Crippen LogP contribution in [0.4, 0.5) is 0 Å². The monoisotopic (exact) mass is 288 g/mol. The second-order valence-corrected chi connectivity index (χ2v) is 7.08. The molecule has 0 bridgehead atoms. The van der Waals surface area contributed by atoms with Crippen LogP contribution in [0.5, 0.6) is 5.75 Å². The minimum Gasteiger partial charge on any atom is -0.487 e. The van der Waals surface area contributed by atoms with Crippen molar-refractivity contribution in [1.29, 1.82) is 0 Å². The summed E-state index contributed by atoms with van der Waals surface area (Å²) in [5.74, 6) is 1.10. The molecule has 0 saturated carbocycles. The molecule has 21 heavy (non-hydrogen) atoms. The van der Waals surface area contributed by atoms with Crippen LogP contribution in [0.1, 0.15) is 56.7 Å². The Morgan fingerprint density at radius 3 is 2.57 bits per heavy atom. The molecule has 1 aromatic rings. The molecule has 2 heterocycles. The minimum absolute atomic E-state index is 0.0869. The summed E-state index contributed by atoms with van der Waals surface area (Å²) < 4.78 is 6.25. The van der Waals surface area contributed by atoms with Crippen LogP contribution < -0.4 is 10.5 Å². The van der Waals surface area contributed by atoms with Gasteiger partial charge in [-0.15, -0.1) is 0 Å². The van der Waals surface area contributed by atoms with Crippen LogP contribution in [0.25, 0.3) is 0 Å². The fraction of sp³-hybridized carbons (Fsp3) is 0.667. The van der Waals surface area contributed by atoms with Gasteiger partial charge in [0.2, 0.25) is 0 Å². The van der Waals surface area contributed by atoms with Gasteiger partial charge in [-0.1, -0.05) is 31.0 Å². The van der Waals surface area contributed by atoms with E-state index in [4.69, 9.17) is 10.5 Å². The average molecular weight is 288 g/mol. The number of nitrogens with two attached hydrogens (primary N) is 1. The lowest BCUT2D eigenvalue weighted by Gasteiger charge is -2.31. The van der Waals surface area contributed by atoms with Crippen LogP contribution in [0, 0.1) is 0 Å². The molecule has 1 aromatic carbocycles. The normalized spacial score (nSPS) is 23.2. The van der Waals surface area contributed by atoms with Gasteiger partial charge in [-0.05, 0) is 45.3 Å². The maximum atomic E-state index is 6.25. The van der Waals surface area contributed by atoms with Crippen LogP contribution in [-0.2, 0) is 6.42 Å². The molecule has 3 nitrogen and oxygen atoms in total. The largest absolute Gasteiger partial charge is 0.487 e. The molecule has 1 unspecified atom stereocenters. The highest BCUT2D eigenvalue weighted by Crippen LogP contribution is 2.41. The molecule has 116 valence electrons. The first-order chi connectivity index (χ1) is 10.1. The number of likely N-dealkylation sites (tertiary alicyclic amines) is 1. The van der Waals surface area contributed by atoms with Gasteiger partial charge < -0.3 is 10.5 Å². The SMILES string of the molecule is CC1(C)Cc2cccc(C(CN)N3CCCCCC3)c2O1. The summed E-state index contributed by atoms with van der Waals surface area (Å²) in [6.45, 7) is 7.32. The summed E-state index contributed by atoms with van der Waals surface area (Å²) in [7, 11) is 0. The Morgan fingerprint density at radius 2 is 1.90 bits per heavy atom. The molecule has 0 radical (unpaired) electrons. The van der Waals surface area contributed by atoms with E-state index in [9.17, 15) is 0 Å². The number of para-hydroxylation sites is 1. The zero-order chi connectivity index (χ0) is 14.9. The Labute approximate surface area is 128 Å². The van der Waals surface area contributed by atoms with Crippen molar-refractivity contribution in [2.45, 2.75) is 57.6 Å². The minimum atomic E-state index is -0.0869. The van der Waals surface area contributed by atoms with E-state index in [-0.39, 0.29) is 5.60 Å². The van der Waals surface area contributed by atoms with Crippen molar-refractivity contribution in [2.24, 2.45) is 5.73 Å². The van der Waals surface area contributed by atoms with Gasteiger partial charge in [-0.2, -0.15) is 0 Å². The number of benzene rings is 1. The van der Waals surface area contributed by atoms with E-state index in [1.165, 1.54) is 36.8 Å². The van der Waals surface area contributed by atoms with Crippen molar-refractivity contribution in [3.8, 4) is 5.75 Å². The fourth-order valence-corrected chi connectivity index (χ4v) is 3.78. The second kappa shape index (κ2) is 5.98. The number of ether oxygens (including phenoxy) is 1. The molecular formula is C18H28N2O. The molecule has 3 rings (SSSR count). The Kier molecular flexibility index (Phi) is 4.23. The molecule has 0 aliphatic carbocycles. The Hall–Kier alpha value is -1.06. The van der Waals surface area contributed by atoms with Crippen molar-refractivity contribution in [1.82, 2.24) is 4.90 Å². The number of hydrogen-bond acceptors (Lipinski definition) is 3. The summed E-state index contributed by atoms with van der Waals surface area (Å²) in [6, 6.07) is 6.87. The summed E-state index contributed by atoms with van der Waals surface area (Å²) in [4.78, 5) is 2.57. The standard InChI is InChI=1S/C18H28N2O/c1-18(2)12-14-8-7-9-15(17(14)21-18)16(13-19)20-10-5-3-4-6-11-20/h7-9,16H,3-6,10-13,19H2,1-2H3. The maximum absolute atomic E-state index is 6.25. The van der Waals surface area contributed by atoms with Crippen LogP contribution in [-0.4, -0.2) is 30.1 Å². The van der Waals surface area contributed by atoms with Crippen LogP contribution in [0.3, 0.4) is 0 Å². The molecule has 0 aromatic heterocycles. The lowest BCUT2D eigenvalue weighted by Crippen LogP contribution is -2.35. The van der Waals surface area contributed by atoms with Crippen molar-refractivity contribution >= 4 is 0 Å². The van der Waals surface area contributed by atoms with Gasteiger partial charge >= 0.3 is 0 Å². The number of nitrogens with zero attached hydrogens (tertiary/aromatic N) is 1. The third-order valence-electron chi connectivity index (χ3n) is 4.79. The average Bonchev–Trinajstić information content (AvgIpc) is 2.63. The lowest BCUT2D eigenvalue weighted by atomic mass is 9.97. The van der Waals surface area contributed by atoms with Crippen molar-refractivity contribution in [3.05, 3.63) is 29.3 Å². The number of fused-ring (bicyclic) bond motifs is 1. The second-order valence-electron chi connectivity index (χ2n) is 7.08. The van der Waals surface area contributed by atoms with Gasteiger partial charge in [0.05, 0.1) is 6.04 Å². The van der Waals surface area contributed by atoms with E-state index in [1.807, 2.05) is 0 Å². The lowest BCUT2D eigenvalue weighted by molar-refractivity contribution is 0.132. The highest BCUT2D eigenvalue weighted by Gasteiger charge is 2.34. The van der Waals surface area contributed by atoms with E-state index in [0.29, 0.717) is 12.6 Å². The van der Waals surface area contributed by atoms with Gasteiger partial charge in [-0.3, -0.25) is 4.90 Å². The summed E-state index contributed by atoms with van der Waals surface area (Å²) in [5.41, 5.74) is 8.70. The molecule has 1 saturated heterocycles. The van der Waals surface area contributed by atoms with Gasteiger partial charge in [0.25, 0.3) is 0 Å². The first kappa shape index (κ1) is 14.9. The third kappa shape index (κ3) is 3.09. The molecule has 1 fully saturated rings. The molecule has 2 aliphatic rings. The van der Waals surface area contributed by atoms with Crippen molar-refractivity contribution in [2.75, 3.05) is 19.6 Å². The fourth-order valence-electron chi connectivity index (χ4n) is 3.78. The highest BCUT2D eigenvalue weighted by molar-refractivity contribution is 5.47. The predicted molar refractivity (Wildman–Crippen MR) is 86.7 cm³/mol. The number of hydrogen-bond donors (Lipinski definition) is 1. The van der Waals surface area contributed by atoms with E-state index < -0.39 is 0 Å². The maximum Gasteiger partial charge on any atom is 0.128 e. The Balaban J connectivity index is 1.90. The Bertz CT molecular complexity index is 490. The van der Waals surface area contributed by atoms with Gasteiger partial charge in [-0.25, -0.2) is 0 Å². The van der Waals surface area contributed by atoms with Crippen LogP contribution in [0.2, 0.25) is 0 Å². The van der Waals surface area contributed by atoms with E-state index >= 15 is 0 Å². The molecule has 0 spiro atoms. The highest BCUT2D eigenvalue weighted by atomic mass is 16.5. The quantitative estimate of drug-likeness (QED) is 0.927. The Morgan fingerprint density at radius 1 is 1.19 bits per heavy atom. The molecule has 2 N–H and O–H groups in total. The number of rotatable bonds is 3. The summed E-state index contributed by atoms with van der Waals surface area (Å²) >= 11 is 0. The summed E-state index contributed by atoms with van der Waals surface area (Å²) in [6.07, 6.45) is 6.28. The predicted octanol–water partition coefficient (Wildman–Crippen LogP) is 3.28. The van der Waals surface area contributed by atoms with E-state index in [2.05, 4.69) is 36.9 Å². The van der Waals surface area contributed by atoms with Crippen molar-refractivity contribution < 1.29 is 4.74 Å². The van der Waals surface area contributed by atoms with Gasteiger partial charge in [0.15, 0.2) is 0 Å². The van der Waals surface area contributed by atoms with E-state index in [0.717, 1.165) is 25.3 Å². The molecule has 0 amide bonds. The molecule has 3 heteroatoms. The van der Waals surface area contributed by atoms with Gasteiger partial charge in [0.1, 0.15) is 11.4 Å². The van der Waals surface area contributed by atoms with Crippen LogP contribution >= 0.6 is 0 Å². The smallest absolute Gasteiger partial charge is 0.128 e. The third-order valence-corrected chi connectivity index (χ3v) is 4.79. The van der Waals surface area contributed by atoms with Crippen molar-refractivity contribution in [3.63, 3.8) is 0 Å². The topological polar surface area (TPSA) is 38.5 Å². The zero-order valence-electron chi connectivity index (χ0n) is 13.4. The first-order valence-electron chi connectivity index (χ1n) is 8.36. The zero-order valence-corrected chi connectivity index (χ0v) is 13.4.